The van der Waals surface area contributed by atoms with Gasteiger partial charge in [0.15, 0.2) is 0 Å². The topological polar surface area (TPSA) is 0 Å². The molecule has 0 spiro atoms. The van der Waals surface area contributed by atoms with Crippen molar-refractivity contribution in [2.24, 2.45) is 0 Å². The van der Waals surface area contributed by atoms with Gasteiger partial charge in [-0.15, -0.1) is 0 Å². The van der Waals surface area contributed by atoms with Crippen LogP contribution >= 0.6 is 22.6 Å². The van der Waals surface area contributed by atoms with Crippen molar-refractivity contribution >= 4 is 22.6 Å². The summed E-state index contributed by atoms with van der Waals surface area (Å²) in [6.07, 6.45) is 10.7. The first-order chi connectivity index (χ1) is 7.41. The van der Waals surface area contributed by atoms with E-state index in [1.165, 1.54) is 23.7 Å². The summed E-state index contributed by atoms with van der Waals surface area (Å²) in [6, 6.07) is 0. The molecule has 0 radical (unpaired) electrons. The minimum absolute atomic E-state index is 0.980. The molecule has 0 N–H and O–H groups in total. The van der Waals surface area contributed by atoms with Crippen LogP contribution in [0.1, 0.15) is 45.4 Å². The van der Waals surface area contributed by atoms with Crippen molar-refractivity contribution in [2.45, 2.75) is 45.4 Å². The Morgan fingerprint density at radius 1 is 0.933 bits per heavy atom. The van der Waals surface area contributed by atoms with E-state index < -0.39 is 0 Å². The van der Waals surface area contributed by atoms with Gasteiger partial charge >= 0.3 is 0 Å². The summed E-state index contributed by atoms with van der Waals surface area (Å²) in [7, 11) is 0. The van der Waals surface area contributed by atoms with E-state index in [9.17, 15) is 0 Å². The number of halogens is 1. The van der Waals surface area contributed by atoms with Crippen LogP contribution < -0.4 is 0 Å². The van der Waals surface area contributed by atoms with E-state index in [1.54, 1.807) is 0 Å². The second-order valence-electron chi connectivity index (χ2n) is 3.23. The van der Waals surface area contributed by atoms with Crippen LogP contribution in [0.4, 0.5) is 0 Å². The first-order valence-electron chi connectivity index (χ1n) is 5.59. The Bertz CT molecular complexity index is 267. The lowest BCUT2D eigenvalue weighted by molar-refractivity contribution is 0.748. The maximum absolute atomic E-state index is 3.13. The first-order valence-corrected chi connectivity index (χ1v) is 7.12. The zero-order chi connectivity index (χ0) is 11.2. The molecule has 0 amide bonds. The summed E-state index contributed by atoms with van der Waals surface area (Å²) in [6.45, 7) is 2.13. The van der Waals surface area contributed by atoms with Crippen molar-refractivity contribution in [2.75, 3.05) is 4.43 Å². The van der Waals surface area contributed by atoms with Crippen LogP contribution in [-0.4, -0.2) is 4.43 Å². The van der Waals surface area contributed by atoms with E-state index in [4.69, 9.17) is 0 Å². The highest BCUT2D eigenvalue weighted by atomic mass is 127. The Balaban J connectivity index is 3.42. The number of hydrogen-bond acceptors (Lipinski definition) is 0. The Morgan fingerprint density at radius 3 is 2.20 bits per heavy atom. The second kappa shape index (κ2) is 13.6. The fourth-order valence-corrected chi connectivity index (χ4v) is 1.49. The van der Waals surface area contributed by atoms with Crippen molar-refractivity contribution in [1.29, 1.82) is 0 Å². The number of alkyl halides is 1. The average molecular weight is 314 g/mol. The minimum Gasteiger partial charge on any atom is -0.0985 e. The predicted octanol–water partition coefficient (Wildman–Crippen LogP) is 4.34. The van der Waals surface area contributed by atoms with Crippen LogP contribution in [0.25, 0.3) is 0 Å². The molecule has 15 heavy (non-hydrogen) atoms. The van der Waals surface area contributed by atoms with Gasteiger partial charge in [-0.05, 0) is 35.8 Å². The lowest BCUT2D eigenvalue weighted by Gasteiger charge is -1.90. The van der Waals surface area contributed by atoms with Gasteiger partial charge in [-0.2, -0.15) is 0 Å². The normalized spacial score (nSPS) is 9.20. The Kier molecular flexibility index (Phi) is 13.2. The molecular weight excluding hydrogens is 295 g/mol. The summed E-state index contributed by atoms with van der Waals surface area (Å²) in [5.74, 6) is 12.1. The first kappa shape index (κ1) is 14.6. The van der Waals surface area contributed by atoms with Gasteiger partial charge in [0.05, 0.1) is 0 Å². The molecule has 0 nitrogen and oxygen atoms in total. The second-order valence-corrected chi connectivity index (χ2v) is 4.30. The number of unbranched alkanes of at least 4 members (excludes halogenated alkanes) is 4. The van der Waals surface area contributed by atoms with Crippen LogP contribution in [0, 0.1) is 23.7 Å². The molecule has 0 saturated heterocycles. The molecule has 0 heterocycles. The molecule has 0 atom stereocenters. The van der Waals surface area contributed by atoms with Crippen LogP contribution in [-0.2, 0) is 0 Å². The van der Waals surface area contributed by atoms with E-state index in [-0.39, 0.29) is 0 Å². The van der Waals surface area contributed by atoms with Crippen LogP contribution in [0.15, 0.2) is 12.2 Å². The van der Waals surface area contributed by atoms with Gasteiger partial charge in [0.1, 0.15) is 0 Å². The molecule has 0 unspecified atom stereocenters. The molecule has 0 fully saturated rings. The average Bonchev–Trinajstić information content (AvgIpc) is 2.26. The molecule has 0 rings (SSSR count). The molecule has 82 valence electrons. The van der Waals surface area contributed by atoms with Gasteiger partial charge in [0.25, 0.3) is 0 Å². The highest BCUT2D eigenvalue weighted by Crippen LogP contribution is 2.00. The van der Waals surface area contributed by atoms with Crippen molar-refractivity contribution in [3.63, 3.8) is 0 Å². The smallest absolute Gasteiger partial charge is 0.00922 e. The number of hydrogen-bond donors (Lipinski definition) is 0. The Labute approximate surface area is 108 Å². The quantitative estimate of drug-likeness (QED) is 0.306. The van der Waals surface area contributed by atoms with Crippen molar-refractivity contribution in [3.8, 4) is 23.7 Å². The zero-order valence-corrected chi connectivity index (χ0v) is 11.6. The Morgan fingerprint density at radius 2 is 1.60 bits per heavy atom. The molecule has 0 bridgehead atoms. The third kappa shape index (κ3) is 13.6. The lowest BCUT2D eigenvalue weighted by atomic mass is 10.2. The molecule has 0 aromatic rings. The molecule has 0 aromatic carbocycles. The van der Waals surface area contributed by atoms with Crippen molar-refractivity contribution in [3.05, 3.63) is 12.2 Å². The summed E-state index contributed by atoms with van der Waals surface area (Å²) in [4.78, 5) is 0. The van der Waals surface area contributed by atoms with E-state index in [0.29, 0.717) is 0 Å². The molecular formula is C14H19I. The van der Waals surface area contributed by atoms with Gasteiger partial charge in [0.2, 0.25) is 0 Å². The van der Waals surface area contributed by atoms with Crippen LogP contribution in [0.3, 0.4) is 0 Å². The van der Waals surface area contributed by atoms with Crippen LogP contribution in [0.2, 0.25) is 0 Å². The van der Waals surface area contributed by atoms with Crippen molar-refractivity contribution in [1.82, 2.24) is 0 Å². The maximum Gasteiger partial charge on any atom is 0.00922 e. The summed E-state index contributed by atoms with van der Waals surface area (Å²) in [5, 5.41) is 0. The minimum atomic E-state index is 0.980. The standard InChI is InChI=1S/C14H19I/c1-2-3-4-5-6-7-8-9-10-11-12-13-14-15/h6-7H,2-3,10-14H2,1H3/b7-6-. The number of rotatable bonds is 5. The fraction of sp³-hybridized carbons (Fsp3) is 0.571. The van der Waals surface area contributed by atoms with Gasteiger partial charge in [-0.1, -0.05) is 59.6 Å². The van der Waals surface area contributed by atoms with E-state index in [0.717, 1.165) is 19.3 Å². The van der Waals surface area contributed by atoms with Gasteiger partial charge < -0.3 is 0 Å². The highest BCUT2D eigenvalue weighted by Gasteiger charge is 1.83. The Hall–Kier alpha value is -0.410. The largest absolute Gasteiger partial charge is 0.0985 e. The highest BCUT2D eigenvalue weighted by molar-refractivity contribution is 14.1. The van der Waals surface area contributed by atoms with Crippen LogP contribution in [0.5, 0.6) is 0 Å². The molecule has 0 aliphatic heterocycles. The summed E-state index contributed by atoms with van der Waals surface area (Å²) >= 11 is 2.42. The van der Waals surface area contributed by atoms with Crippen molar-refractivity contribution < 1.29 is 0 Å². The molecule has 1 heteroatoms. The number of allylic oxidation sites excluding steroid dienone is 2. The van der Waals surface area contributed by atoms with E-state index >= 15 is 0 Å². The van der Waals surface area contributed by atoms with Gasteiger partial charge in [0, 0.05) is 12.8 Å². The van der Waals surface area contributed by atoms with E-state index in [2.05, 4.69) is 53.2 Å². The fourth-order valence-electron chi connectivity index (χ4n) is 0.955. The van der Waals surface area contributed by atoms with Gasteiger partial charge in [-0.3, -0.25) is 0 Å². The zero-order valence-electron chi connectivity index (χ0n) is 9.48. The lowest BCUT2D eigenvalue weighted by Crippen LogP contribution is -1.75. The maximum atomic E-state index is 3.13. The molecule has 0 saturated carbocycles. The van der Waals surface area contributed by atoms with E-state index in [1.807, 2.05) is 12.2 Å². The third-order valence-corrected chi connectivity index (χ3v) is 2.53. The summed E-state index contributed by atoms with van der Waals surface area (Å²) < 4.78 is 1.26. The molecule has 0 aromatic heterocycles. The van der Waals surface area contributed by atoms with Gasteiger partial charge in [-0.25, -0.2) is 0 Å². The molecule has 0 aliphatic carbocycles. The summed E-state index contributed by atoms with van der Waals surface area (Å²) in [5.41, 5.74) is 0. The SMILES string of the molecule is CCCC#C/C=C\C#CCCCCCI. The predicted molar refractivity (Wildman–Crippen MR) is 77.0 cm³/mol. The molecule has 0 aliphatic rings. The monoisotopic (exact) mass is 314 g/mol. The third-order valence-electron chi connectivity index (χ3n) is 1.76.